The first-order chi connectivity index (χ1) is 13.9. The van der Waals surface area contributed by atoms with Crippen molar-refractivity contribution in [2.75, 3.05) is 5.32 Å². The molecule has 0 bridgehead atoms. The average Bonchev–Trinajstić information content (AvgIpc) is 3.37. The Labute approximate surface area is 170 Å². The predicted molar refractivity (Wildman–Crippen MR) is 109 cm³/mol. The smallest absolute Gasteiger partial charge is 0.276 e. The van der Waals surface area contributed by atoms with Crippen molar-refractivity contribution in [3.63, 3.8) is 0 Å². The lowest BCUT2D eigenvalue weighted by atomic mass is 9.92. The van der Waals surface area contributed by atoms with Crippen LogP contribution in [0.5, 0.6) is 0 Å². The maximum atomic E-state index is 12.8. The SMILES string of the molecule is CC(C)(C)c1cc(NC(=O)c2csc(-c3ncccn3)n2)n(-c2ncccn2)n1. The van der Waals surface area contributed by atoms with Crippen LogP contribution in [0.1, 0.15) is 37.0 Å². The highest BCUT2D eigenvalue weighted by molar-refractivity contribution is 7.13. The topological polar surface area (TPSA) is 111 Å². The van der Waals surface area contributed by atoms with Gasteiger partial charge in [-0.3, -0.25) is 4.79 Å². The van der Waals surface area contributed by atoms with Gasteiger partial charge in [-0.1, -0.05) is 20.8 Å². The van der Waals surface area contributed by atoms with Gasteiger partial charge in [0.15, 0.2) is 10.8 Å². The monoisotopic (exact) mass is 406 g/mol. The van der Waals surface area contributed by atoms with Crippen molar-refractivity contribution in [2.45, 2.75) is 26.2 Å². The number of carbonyl (C=O) groups excluding carboxylic acids is 1. The molecular weight excluding hydrogens is 388 g/mol. The highest BCUT2D eigenvalue weighted by Crippen LogP contribution is 2.26. The molecule has 10 heteroatoms. The molecule has 0 atom stereocenters. The minimum absolute atomic E-state index is 0.210. The first-order valence-corrected chi connectivity index (χ1v) is 9.72. The minimum Gasteiger partial charge on any atom is -0.305 e. The van der Waals surface area contributed by atoms with Gasteiger partial charge in [0.25, 0.3) is 11.9 Å². The van der Waals surface area contributed by atoms with Gasteiger partial charge in [0, 0.05) is 41.6 Å². The number of aromatic nitrogens is 7. The third-order valence-corrected chi connectivity index (χ3v) is 4.79. The molecule has 1 amide bonds. The Morgan fingerprint density at radius 3 is 2.34 bits per heavy atom. The summed E-state index contributed by atoms with van der Waals surface area (Å²) in [7, 11) is 0. The van der Waals surface area contributed by atoms with Gasteiger partial charge in [0.05, 0.1) is 5.69 Å². The van der Waals surface area contributed by atoms with E-state index < -0.39 is 0 Å². The molecule has 0 fully saturated rings. The third kappa shape index (κ3) is 4.02. The van der Waals surface area contributed by atoms with Gasteiger partial charge in [-0.25, -0.2) is 24.9 Å². The molecule has 146 valence electrons. The summed E-state index contributed by atoms with van der Waals surface area (Å²) in [6.45, 7) is 6.14. The molecule has 29 heavy (non-hydrogen) atoms. The van der Waals surface area contributed by atoms with Crippen molar-refractivity contribution >= 4 is 23.1 Å². The number of hydrogen-bond donors (Lipinski definition) is 1. The number of nitrogens with zero attached hydrogens (tertiary/aromatic N) is 7. The number of nitrogens with one attached hydrogen (secondary N) is 1. The van der Waals surface area contributed by atoms with Crippen LogP contribution in [0.4, 0.5) is 5.82 Å². The van der Waals surface area contributed by atoms with Crippen molar-refractivity contribution < 1.29 is 4.79 Å². The fourth-order valence-electron chi connectivity index (χ4n) is 2.46. The van der Waals surface area contributed by atoms with E-state index in [0.717, 1.165) is 5.69 Å². The summed E-state index contributed by atoms with van der Waals surface area (Å²) in [6, 6.07) is 5.27. The van der Waals surface area contributed by atoms with Gasteiger partial charge in [-0.05, 0) is 12.1 Å². The lowest BCUT2D eigenvalue weighted by Gasteiger charge is -2.13. The first kappa shape index (κ1) is 18.8. The van der Waals surface area contributed by atoms with E-state index in [1.54, 1.807) is 42.3 Å². The summed E-state index contributed by atoms with van der Waals surface area (Å²) in [5, 5.41) is 9.70. The average molecular weight is 406 g/mol. The number of amides is 1. The van der Waals surface area contributed by atoms with E-state index in [0.29, 0.717) is 22.6 Å². The standard InChI is InChI=1S/C19H18N8OS/c1-19(2,3)13-10-14(27(26-13)18-22-8-5-9-23-18)25-16(28)12-11-29-17(24-12)15-20-6-4-7-21-15/h4-11H,1-3H3,(H,25,28). The molecule has 0 unspecified atom stereocenters. The minimum atomic E-state index is -0.360. The van der Waals surface area contributed by atoms with Gasteiger partial charge in [0.2, 0.25) is 0 Å². The summed E-state index contributed by atoms with van der Waals surface area (Å²) in [5.41, 5.74) is 0.867. The largest absolute Gasteiger partial charge is 0.305 e. The summed E-state index contributed by atoms with van der Waals surface area (Å²) in [4.78, 5) is 34.0. The summed E-state index contributed by atoms with van der Waals surface area (Å²) in [6.07, 6.45) is 6.52. The molecular formula is C19H18N8OS. The Balaban J connectivity index is 1.64. The summed E-state index contributed by atoms with van der Waals surface area (Å²) < 4.78 is 1.52. The van der Waals surface area contributed by atoms with Crippen LogP contribution >= 0.6 is 11.3 Å². The van der Waals surface area contributed by atoms with Crippen LogP contribution in [0.15, 0.2) is 48.4 Å². The number of rotatable bonds is 4. The number of anilines is 1. The Hall–Kier alpha value is -3.53. The second-order valence-corrected chi connectivity index (χ2v) is 8.05. The van der Waals surface area contributed by atoms with Crippen LogP contribution < -0.4 is 5.32 Å². The van der Waals surface area contributed by atoms with Gasteiger partial charge < -0.3 is 5.32 Å². The maximum Gasteiger partial charge on any atom is 0.276 e. The van der Waals surface area contributed by atoms with E-state index in [1.807, 2.05) is 26.8 Å². The first-order valence-electron chi connectivity index (χ1n) is 8.84. The normalized spacial score (nSPS) is 11.4. The zero-order chi connectivity index (χ0) is 20.4. The van der Waals surface area contributed by atoms with E-state index in [2.05, 4.69) is 35.3 Å². The molecule has 0 aliphatic heterocycles. The Kier molecular flexibility index (Phi) is 4.85. The molecule has 4 heterocycles. The fraction of sp³-hybridized carbons (Fsp3) is 0.211. The molecule has 0 radical (unpaired) electrons. The van der Waals surface area contributed by atoms with Crippen molar-refractivity contribution in [3.8, 4) is 16.8 Å². The molecule has 4 aromatic heterocycles. The molecule has 1 N–H and O–H groups in total. The Bertz CT molecular complexity index is 1130. The Morgan fingerprint density at radius 1 is 1.03 bits per heavy atom. The van der Waals surface area contributed by atoms with E-state index in [9.17, 15) is 4.79 Å². The Morgan fingerprint density at radius 2 is 1.69 bits per heavy atom. The predicted octanol–water partition coefficient (Wildman–Crippen LogP) is 3.13. The van der Waals surface area contributed by atoms with E-state index in [1.165, 1.54) is 16.0 Å². The van der Waals surface area contributed by atoms with E-state index in [-0.39, 0.29) is 17.0 Å². The highest BCUT2D eigenvalue weighted by atomic mass is 32.1. The zero-order valence-electron chi connectivity index (χ0n) is 16.1. The molecule has 0 saturated carbocycles. The van der Waals surface area contributed by atoms with Gasteiger partial charge >= 0.3 is 0 Å². The van der Waals surface area contributed by atoms with Crippen molar-refractivity contribution in [1.82, 2.24) is 34.7 Å². The second-order valence-electron chi connectivity index (χ2n) is 7.19. The summed E-state index contributed by atoms with van der Waals surface area (Å²) in [5.74, 6) is 0.960. The van der Waals surface area contributed by atoms with E-state index >= 15 is 0 Å². The van der Waals surface area contributed by atoms with E-state index in [4.69, 9.17) is 0 Å². The second kappa shape index (κ2) is 7.47. The van der Waals surface area contributed by atoms with Crippen molar-refractivity contribution in [1.29, 1.82) is 0 Å². The zero-order valence-corrected chi connectivity index (χ0v) is 16.9. The fourth-order valence-corrected chi connectivity index (χ4v) is 3.21. The maximum absolute atomic E-state index is 12.8. The molecule has 0 aliphatic carbocycles. The molecule has 4 aromatic rings. The van der Waals surface area contributed by atoms with Crippen LogP contribution in [0.2, 0.25) is 0 Å². The van der Waals surface area contributed by atoms with Crippen LogP contribution in [0.25, 0.3) is 16.8 Å². The molecule has 0 aromatic carbocycles. The van der Waals surface area contributed by atoms with Crippen molar-refractivity contribution in [3.05, 3.63) is 59.8 Å². The molecule has 0 spiro atoms. The van der Waals surface area contributed by atoms with Crippen LogP contribution in [-0.4, -0.2) is 40.6 Å². The van der Waals surface area contributed by atoms with Crippen LogP contribution in [-0.2, 0) is 5.41 Å². The molecule has 9 nitrogen and oxygen atoms in total. The third-order valence-electron chi connectivity index (χ3n) is 3.95. The van der Waals surface area contributed by atoms with Crippen molar-refractivity contribution in [2.24, 2.45) is 0 Å². The van der Waals surface area contributed by atoms with Crippen LogP contribution in [0, 0.1) is 0 Å². The number of hydrogen-bond acceptors (Lipinski definition) is 8. The molecule has 4 rings (SSSR count). The van der Waals surface area contributed by atoms with Crippen LogP contribution in [0.3, 0.4) is 0 Å². The number of thiazole rings is 1. The molecule has 0 saturated heterocycles. The lowest BCUT2D eigenvalue weighted by molar-refractivity contribution is 0.102. The van der Waals surface area contributed by atoms with Gasteiger partial charge in [0.1, 0.15) is 11.5 Å². The van der Waals surface area contributed by atoms with Gasteiger partial charge in [-0.2, -0.15) is 9.78 Å². The number of carbonyl (C=O) groups is 1. The quantitative estimate of drug-likeness (QED) is 0.554. The molecule has 0 aliphatic rings. The lowest BCUT2D eigenvalue weighted by Crippen LogP contribution is -2.16. The van der Waals surface area contributed by atoms with Gasteiger partial charge in [-0.15, -0.1) is 11.3 Å². The summed E-state index contributed by atoms with van der Waals surface area (Å²) >= 11 is 1.31. The highest BCUT2D eigenvalue weighted by Gasteiger charge is 2.23.